The van der Waals surface area contributed by atoms with Crippen molar-refractivity contribution in [3.63, 3.8) is 0 Å². The first-order valence-corrected chi connectivity index (χ1v) is 10.2. The highest BCUT2D eigenvalue weighted by Crippen LogP contribution is 2.18. The molecule has 6 nitrogen and oxygen atoms in total. The van der Waals surface area contributed by atoms with E-state index in [-0.39, 0.29) is 5.91 Å². The van der Waals surface area contributed by atoms with Crippen LogP contribution in [0.15, 0.2) is 29.3 Å². The molecule has 1 heterocycles. The maximum absolute atomic E-state index is 11.2. The third kappa shape index (κ3) is 7.59. The van der Waals surface area contributed by atoms with Crippen LogP contribution in [0.5, 0.6) is 0 Å². The van der Waals surface area contributed by atoms with E-state index in [2.05, 4.69) is 39.7 Å². The molecule has 0 radical (unpaired) electrons. The van der Waals surface area contributed by atoms with Gasteiger partial charge in [0.1, 0.15) is 0 Å². The summed E-state index contributed by atoms with van der Waals surface area (Å²) >= 11 is 0. The molecule has 1 atom stereocenters. The van der Waals surface area contributed by atoms with Gasteiger partial charge in [0, 0.05) is 38.3 Å². The lowest BCUT2D eigenvalue weighted by Gasteiger charge is -2.35. The van der Waals surface area contributed by atoms with Crippen molar-refractivity contribution >= 4 is 17.6 Å². The number of anilines is 1. The zero-order chi connectivity index (χ0) is 19.5. The molecule has 1 unspecified atom stereocenters. The topological polar surface area (TPSA) is 68.8 Å². The summed E-state index contributed by atoms with van der Waals surface area (Å²) in [5, 5.41) is 9.58. The molecule has 27 heavy (non-hydrogen) atoms. The summed E-state index contributed by atoms with van der Waals surface area (Å²) < 4.78 is 0. The van der Waals surface area contributed by atoms with E-state index in [9.17, 15) is 4.79 Å². The van der Waals surface area contributed by atoms with Gasteiger partial charge in [0.05, 0.1) is 6.54 Å². The summed E-state index contributed by atoms with van der Waals surface area (Å²) in [5.41, 5.74) is 1.88. The van der Waals surface area contributed by atoms with Crippen molar-refractivity contribution < 1.29 is 4.79 Å². The first kappa shape index (κ1) is 21.2. The van der Waals surface area contributed by atoms with Gasteiger partial charge in [0.25, 0.3) is 0 Å². The molecule has 1 amide bonds. The summed E-state index contributed by atoms with van der Waals surface area (Å²) in [6, 6.07) is 8.56. The van der Waals surface area contributed by atoms with E-state index < -0.39 is 0 Å². The minimum Gasteiger partial charge on any atom is -0.357 e. The number of rotatable bonds is 8. The standard InChI is InChI=1S/C21H35N5O/c1-4-20-11-6-7-13-26(20)14-12-23-21(22-5-2)24-16-18-9-8-10-19(15-18)25-17(3)27/h8-10,15,20H,4-7,11-14,16H2,1-3H3,(H,25,27)(H2,22,23,24). The van der Waals surface area contributed by atoms with E-state index in [0.717, 1.165) is 42.9 Å². The Labute approximate surface area is 163 Å². The summed E-state index contributed by atoms with van der Waals surface area (Å²) in [6.07, 6.45) is 5.24. The van der Waals surface area contributed by atoms with Crippen LogP contribution in [-0.2, 0) is 11.3 Å². The zero-order valence-electron chi connectivity index (χ0n) is 17.1. The number of guanidine groups is 1. The molecule has 1 aromatic rings. The lowest BCUT2D eigenvalue weighted by molar-refractivity contribution is -0.114. The molecule has 150 valence electrons. The summed E-state index contributed by atoms with van der Waals surface area (Å²) in [5.74, 6) is 0.779. The second kappa shape index (κ2) is 11.6. The van der Waals surface area contributed by atoms with Crippen LogP contribution >= 0.6 is 0 Å². The number of carbonyl (C=O) groups is 1. The number of hydrogen-bond acceptors (Lipinski definition) is 3. The van der Waals surface area contributed by atoms with Gasteiger partial charge >= 0.3 is 0 Å². The fourth-order valence-electron chi connectivity index (χ4n) is 3.60. The van der Waals surface area contributed by atoms with E-state index >= 15 is 0 Å². The van der Waals surface area contributed by atoms with Crippen molar-refractivity contribution in [2.24, 2.45) is 4.99 Å². The highest BCUT2D eigenvalue weighted by Gasteiger charge is 2.19. The molecule has 2 rings (SSSR count). The SMILES string of the molecule is CCNC(=NCc1cccc(NC(C)=O)c1)NCCN1CCCCC1CC. The Morgan fingerprint density at radius 1 is 1.26 bits per heavy atom. The smallest absolute Gasteiger partial charge is 0.221 e. The molecule has 1 saturated heterocycles. The Morgan fingerprint density at radius 3 is 2.85 bits per heavy atom. The molecular formula is C21H35N5O. The molecule has 0 saturated carbocycles. The molecule has 0 aliphatic carbocycles. The average Bonchev–Trinajstić information content (AvgIpc) is 2.66. The van der Waals surface area contributed by atoms with Gasteiger partial charge < -0.3 is 16.0 Å². The van der Waals surface area contributed by atoms with Crippen LogP contribution in [0.2, 0.25) is 0 Å². The number of aliphatic imine (C=N–C) groups is 1. The minimum atomic E-state index is -0.0613. The number of nitrogens with one attached hydrogen (secondary N) is 3. The number of benzene rings is 1. The molecule has 0 spiro atoms. The maximum Gasteiger partial charge on any atom is 0.221 e. The number of carbonyl (C=O) groups excluding carboxylic acids is 1. The molecular weight excluding hydrogens is 338 g/mol. The summed E-state index contributed by atoms with van der Waals surface area (Å²) in [6.45, 7) is 10.5. The Bertz CT molecular complexity index is 616. The van der Waals surface area contributed by atoms with Gasteiger partial charge in [-0.05, 0) is 50.4 Å². The fraction of sp³-hybridized carbons (Fsp3) is 0.619. The Kier molecular flexibility index (Phi) is 9.11. The van der Waals surface area contributed by atoms with E-state index in [1.807, 2.05) is 24.3 Å². The largest absolute Gasteiger partial charge is 0.357 e. The molecule has 0 bridgehead atoms. The van der Waals surface area contributed by atoms with Crippen LogP contribution in [0, 0.1) is 0 Å². The van der Waals surface area contributed by atoms with Gasteiger partial charge in [-0.15, -0.1) is 0 Å². The second-order valence-corrected chi connectivity index (χ2v) is 7.10. The van der Waals surface area contributed by atoms with Gasteiger partial charge in [-0.2, -0.15) is 0 Å². The fourth-order valence-corrected chi connectivity index (χ4v) is 3.60. The van der Waals surface area contributed by atoms with Gasteiger partial charge in [-0.1, -0.05) is 25.5 Å². The molecule has 1 aliphatic rings. The van der Waals surface area contributed by atoms with Crippen molar-refractivity contribution in [1.82, 2.24) is 15.5 Å². The van der Waals surface area contributed by atoms with Crippen LogP contribution in [0.1, 0.15) is 52.0 Å². The number of hydrogen-bond donors (Lipinski definition) is 3. The second-order valence-electron chi connectivity index (χ2n) is 7.10. The first-order valence-electron chi connectivity index (χ1n) is 10.2. The number of piperidine rings is 1. The molecule has 1 aromatic carbocycles. The quantitative estimate of drug-likeness (QED) is 0.484. The first-order chi connectivity index (χ1) is 13.1. The Balaban J connectivity index is 1.87. The van der Waals surface area contributed by atoms with Crippen molar-refractivity contribution in [2.75, 3.05) is 31.5 Å². The monoisotopic (exact) mass is 373 g/mol. The molecule has 3 N–H and O–H groups in total. The van der Waals surface area contributed by atoms with Gasteiger partial charge in [-0.25, -0.2) is 4.99 Å². The highest BCUT2D eigenvalue weighted by molar-refractivity contribution is 5.88. The maximum atomic E-state index is 11.2. The lowest BCUT2D eigenvalue weighted by Crippen LogP contribution is -2.45. The minimum absolute atomic E-state index is 0.0613. The Hall–Kier alpha value is -2.08. The number of likely N-dealkylation sites (tertiary alicyclic amines) is 1. The predicted octanol–water partition coefficient (Wildman–Crippen LogP) is 2.96. The zero-order valence-corrected chi connectivity index (χ0v) is 17.1. The lowest BCUT2D eigenvalue weighted by atomic mass is 10.0. The highest BCUT2D eigenvalue weighted by atomic mass is 16.1. The van der Waals surface area contributed by atoms with Crippen LogP contribution in [-0.4, -0.2) is 49.0 Å². The van der Waals surface area contributed by atoms with Crippen molar-refractivity contribution in [2.45, 2.75) is 59.0 Å². The van der Waals surface area contributed by atoms with Crippen molar-refractivity contribution in [1.29, 1.82) is 0 Å². The van der Waals surface area contributed by atoms with E-state index in [1.54, 1.807) is 0 Å². The normalized spacial score (nSPS) is 18.2. The van der Waals surface area contributed by atoms with Crippen LogP contribution in [0.3, 0.4) is 0 Å². The van der Waals surface area contributed by atoms with Crippen LogP contribution in [0.4, 0.5) is 5.69 Å². The third-order valence-corrected chi connectivity index (χ3v) is 4.92. The number of amides is 1. The van der Waals surface area contributed by atoms with Crippen LogP contribution < -0.4 is 16.0 Å². The number of nitrogens with zero attached hydrogens (tertiary/aromatic N) is 2. The van der Waals surface area contributed by atoms with E-state index in [1.165, 1.54) is 39.2 Å². The van der Waals surface area contributed by atoms with Crippen molar-refractivity contribution in [3.05, 3.63) is 29.8 Å². The summed E-state index contributed by atoms with van der Waals surface area (Å²) in [4.78, 5) is 18.5. The van der Waals surface area contributed by atoms with E-state index in [0.29, 0.717) is 6.54 Å². The average molecular weight is 374 g/mol. The van der Waals surface area contributed by atoms with Crippen molar-refractivity contribution in [3.8, 4) is 0 Å². The predicted molar refractivity (Wildman–Crippen MR) is 113 cm³/mol. The van der Waals surface area contributed by atoms with Gasteiger partial charge in [-0.3, -0.25) is 9.69 Å². The Morgan fingerprint density at radius 2 is 2.11 bits per heavy atom. The molecule has 1 aliphatic heterocycles. The van der Waals surface area contributed by atoms with Gasteiger partial charge in [0.15, 0.2) is 5.96 Å². The molecule has 0 aromatic heterocycles. The summed E-state index contributed by atoms with van der Waals surface area (Å²) in [7, 11) is 0. The molecule has 6 heteroatoms. The van der Waals surface area contributed by atoms with Gasteiger partial charge in [0.2, 0.25) is 5.91 Å². The third-order valence-electron chi connectivity index (χ3n) is 4.92. The molecule has 1 fully saturated rings. The van der Waals surface area contributed by atoms with E-state index in [4.69, 9.17) is 0 Å². The van der Waals surface area contributed by atoms with Crippen LogP contribution in [0.25, 0.3) is 0 Å².